The van der Waals surface area contributed by atoms with Crippen LogP contribution in [0, 0.1) is 5.92 Å². The van der Waals surface area contributed by atoms with Gasteiger partial charge in [-0.05, 0) is 51.3 Å². The van der Waals surface area contributed by atoms with Gasteiger partial charge in [0.2, 0.25) is 0 Å². The summed E-state index contributed by atoms with van der Waals surface area (Å²) in [4.78, 5) is 0.997. The van der Waals surface area contributed by atoms with E-state index in [4.69, 9.17) is 4.74 Å². The van der Waals surface area contributed by atoms with Crippen molar-refractivity contribution in [1.29, 1.82) is 0 Å². The molecule has 1 aliphatic rings. The van der Waals surface area contributed by atoms with Gasteiger partial charge in [0.25, 0.3) is 0 Å². The van der Waals surface area contributed by atoms with Crippen molar-refractivity contribution in [3.05, 3.63) is 19.2 Å². The van der Waals surface area contributed by atoms with Gasteiger partial charge in [-0.2, -0.15) is 0 Å². The van der Waals surface area contributed by atoms with Crippen LogP contribution in [0.15, 0.2) is 14.3 Å². The van der Waals surface area contributed by atoms with E-state index in [1.54, 1.807) is 11.3 Å². The number of aliphatic hydroxyl groups excluding tert-OH is 1. The van der Waals surface area contributed by atoms with Crippen molar-refractivity contribution < 1.29 is 9.84 Å². The molecule has 0 aromatic carbocycles. The molecule has 1 aromatic heterocycles. The smallest absolute Gasteiger partial charge is 0.0933 e. The predicted molar refractivity (Wildman–Crippen MR) is 68.2 cm³/mol. The van der Waals surface area contributed by atoms with E-state index < -0.39 is 6.10 Å². The zero-order chi connectivity index (χ0) is 11.0. The summed E-state index contributed by atoms with van der Waals surface area (Å²) in [5, 5.41) is 10.2. The first-order valence-corrected chi connectivity index (χ1v) is 7.22. The fraction of sp³-hybridized carbons (Fsp3) is 0.600. The highest BCUT2D eigenvalue weighted by molar-refractivity contribution is 9.13. The Bertz CT molecular complexity index is 334. The van der Waals surface area contributed by atoms with Gasteiger partial charge >= 0.3 is 0 Å². The summed E-state index contributed by atoms with van der Waals surface area (Å²) in [6.45, 7) is 2.71. The lowest BCUT2D eigenvalue weighted by Crippen LogP contribution is -2.11. The Morgan fingerprint density at radius 3 is 2.80 bits per heavy atom. The summed E-state index contributed by atoms with van der Waals surface area (Å²) in [5.41, 5.74) is 0. The van der Waals surface area contributed by atoms with Crippen molar-refractivity contribution in [2.45, 2.75) is 25.6 Å². The van der Waals surface area contributed by atoms with Gasteiger partial charge in [0.1, 0.15) is 0 Å². The zero-order valence-corrected chi connectivity index (χ0v) is 12.2. The van der Waals surface area contributed by atoms with Crippen molar-refractivity contribution in [1.82, 2.24) is 0 Å². The van der Waals surface area contributed by atoms with E-state index in [1.165, 1.54) is 0 Å². The van der Waals surface area contributed by atoms with Gasteiger partial charge in [-0.1, -0.05) is 0 Å². The molecule has 1 aromatic rings. The van der Waals surface area contributed by atoms with Crippen LogP contribution in [-0.2, 0) is 4.74 Å². The normalized spacial score (nSPS) is 28.3. The van der Waals surface area contributed by atoms with E-state index in [-0.39, 0.29) is 12.0 Å². The minimum atomic E-state index is -0.400. The van der Waals surface area contributed by atoms with Crippen molar-refractivity contribution >= 4 is 43.2 Å². The van der Waals surface area contributed by atoms with E-state index in [0.717, 1.165) is 19.6 Å². The predicted octanol–water partition coefficient (Wildman–Crippen LogP) is 3.73. The molecule has 2 heterocycles. The number of rotatable bonds is 2. The molecule has 5 heteroatoms. The highest BCUT2D eigenvalue weighted by Crippen LogP contribution is 2.40. The van der Waals surface area contributed by atoms with Gasteiger partial charge in [-0.3, -0.25) is 0 Å². The number of aliphatic hydroxyl groups is 1. The summed E-state index contributed by atoms with van der Waals surface area (Å²) in [5.74, 6) is 0.234. The third-order valence-corrected chi connectivity index (χ3v) is 5.96. The summed E-state index contributed by atoms with van der Waals surface area (Å²) in [6.07, 6.45) is 0.813. The molecule has 3 atom stereocenters. The molecule has 3 unspecified atom stereocenters. The maximum absolute atomic E-state index is 10.2. The van der Waals surface area contributed by atoms with E-state index in [2.05, 4.69) is 31.9 Å². The fourth-order valence-electron chi connectivity index (χ4n) is 1.81. The standard InChI is InChI=1S/C10H12Br2O2S/c1-5-2-6(4-14-5)9(13)8-3-7(11)10(12)15-8/h3,5-6,9,13H,2,4H2,1H3. The molecule has 0 bridgehead atoms. The average molecular weight is 356 g/mol. The molecule has 0 amide bonds. The Morgan fingerprint density at radius 1 is 1.60 bits per heavy atom. The molecule has 1 aliphatic heterocycles. The number of hydrogen-bond acceptors (Lipinski definition) is 3. The second-order valence-electron chi connectivity index (χ2n) is 3.85. The van der Waals surface area contributed by atoms with Crippen molar-refractivity contribution in [3.8, 4) is 0 Å². The first-order valence-electron chi connectivity index (χ1n) is 4.82. The van der Waals surface area contributed by atoms with Crippen LogP contribution in [0.25, 0.3) is 0 Å². The van der Waals surface area contributed by atoms with Crippen LogP contribution in [0.2, 0.25) is 0 Å². The van der Waals surface area contributed by atoms with Crippen molar-refractivity contribution in [2.75, 3.05) is 6.61 Å². The third kappa shape index (κ3) is 2.64. The van der Waals surface area contributed by atoms with Gasteiger partial charge in [0, 0.05) is 15.3 Å². The van der Waals surface area contributed by atoms with Gasteiger partial charge in [0.15, 0.2) is 0 Å². The molecule has 1 saturated heterocycles. The number of ether oxygens (including phenoxy) is 1. The van der Waals surface area contributed by atoms with E-state index in [9.17, 15) is 5.11 Å². The molecule has 15 heavy (non-hydrogen) atoms. The first kappa shape index (κ1) is 12.0. The zero-order valence-electron chi connectivity index (χ0n) is 8.24. The fourth-order valence-corrected chi connectivity index (χ4v) is 3.98. The minimum Gasteiger partial charge on any atom is -0.387 e. The van der Waals surface area contributed by atoms with Gasteiger partial charge in [-0.25, -0.2) is 0 Å². The lowest BCUT2D eigenvalue weighted by atomic mass is 9.98. The van der Waals surface area contributed by atoms with Crippen LogP contribution >= 0.6 is 43.2 Å². The summed E-state index contributed by atoms with van der Waals surface area (Å²) >= 11 is 8.43. The molecule has 2 rings (SSSR count). The third-order valence-electron chi connectivity index (χ3n) is 2.63. The topological polar surface area (TPSA) is 29.5 Å². The second-order valence-corrected chi connectivity index (χ2v) is 7.11. The quantitative estimate of drug-likeness (QED) is 0.875. The number of hydrogen-bond donors (Lipinski definition) is 1. The number of halogens is 2. The van der Waals surface area contributed by atoms with Crippen LogP contribution in [0.1, 0.15) is 24.3 Å². The lowest BCUT2D eigenvalue weighted by molar-refractivity contribution is 0.0822. The molecule has 2 nitrogen and oxygen atoms in total. The lowest BCUT2D eigenvalue weighted by Gasteiger charge is -2.14. The largest absolute Gasteiger partial charge is 0.387 e. The maximum Gasteiger partial charge on any atom is 0.0933 e. The molecule has 0 aliphatic carbocycles. The van der Waals surface area contributed by atoms with E-state index >= 15 is 0 Å². The summed E-state index contributed by atoms with van der Waals surface area (Å²) in [7, 11) is 0. The van der Waals surface area contributed by atoms with E-state index in [0.29, 0.717) is 6.61 Å². The van der Waals surface area contributed by atoms with Crippen LogP contribution < -0.4 is 0 Å². The molecule has 0 spiro atoms. The highest BCUT2D eigenvalue weighted by Gasteiger charge is 2.30. The van der Waals surface area contributed by atoms with Crippen LogP contribution in [0.3, 0.4) is 0 Å². The monoisotopic (exact) mass is 354 g/mol. The van der Waals surface area contributed by atoms with Crippen molar-refractivity contribution in [3.63, 3.8) is 0 Å². The van der Waals surface area contributed by atoms with Crippen LogP contribution in [0.4, 0.5) is 0 Å². The molecule has 0 radical (unpaired) electrons. The molecule has 84 valence electrons. The van der Waals surface area contributed by atoms with Gasteiger partial charge in [0.05, 0.1) is 22.6 Å². The van der Waals surface area contributed by atoms with Crippen LogP contribution in [-0.4, -0.2) is 17.8 Å². The SMILES string of the molecule is CC1CC(C(O)c2cc(Br)c(Br)s2)CO1. The average Bonchev–Trinajstić information content (AvgIpc) is 2.74. The molecular formula is C10H12Br2O2S. The first-order chi connectivity index (χ1) is 7.08. The maximum atomic E-state index is 10.2. The molecule has 0 saturated carbocycles. The molecular weight excluding hydrogens is 344 g/mol. The van der Waals surface area contributed by atoms with E-state index in [1.807, 2.05) is 13.0 Å². The van der Waals surface area contributed by atoms with Gasteiger partial charge < -0.3 is 9.84 Å². The Balaban J connectivity index is 2.10. The molecule has 1 N–H and O–H groups in total. The Labute approximate surface area is 110 Å². The summed E-state index contributed by atoms with van der Waals surface area (Å²) < 4.78 is 7.51. The molecule has 1 fully saturated rings. The second kappa shape index (κ2) is 4.84. The Morgan fingerprint density at radius 2 is 2.33 bits per heavy atom. The Kier molecular flexibility index (Phi) is 3.88. The van der Waals surface area contributed by atoms with Crippen molar-refractivity contribution in [2.24, 2.45) is 5.92 Å². The Hall–Kier alpha value is 0.580. The summed E-state index contributed by atoms with van der Waals surface area (Å²) in [6, 6.07) is 1.97. The number of thiophene rings is 1. The highest BCUT2D eigenvalue weighted by atomic mass is 79.9. The van der Waals surface area contributed by atoms with Crippen LogP contribution in [0.5, 0.6) is 0 Å². The van der Waals surface area contributed by atoms with Gasteiger partial charge in [-0.15, -0.1) is 11.3 Å². The minimum absolute atomic E-state index is 0.234.